The zero-order valence-corrected chi connectivity index (χ0v) is 13.0. The van der Waals surface area contributed by atoms with Crippen molar-refractivity contribution in [3.05, 3.63) is 35.0 Å². The molecule has 19 heavy (non-hydrogen) atoms. The summed E-state index contributed by atoms with van der Waals surface area (Å²) < 4.78 is 0. The molecule has 0 atom stereocenters. The molecule has 0 aliphatic carbocycles. The van der Waals surface area contributed by atoms with Crippen LogP contribution in [0.4, 0.5) is 11.4 Å². The van der Waals surface area contributed by atoms with Crippen LogP contribution in [0.1, 0.15) is 12.8 Å². The number of hydrogen-bond acceptors (Lipinski definition) is 3. The van der Waals surface area contributed by atoms with Gasteiger partial charge in [-0.3, -0.25) is 0 Å². The quantitative estimate of drug-likeness (QED) is 0.830. The Balaban J connectivity index is 0.000000902. The van der Waals surface area contributed by atoms with Crippen molar-refractivity contribution in [1.82, 2.24) is 0 Å². The fraction of sp³-hybridized carbons (Fsp3) is 0.286. The first kappa shape index (κ1) is 16.2. The first-order chi connectivity index (χ1) is 8.34. The van der Waals surface area contributed by atoms with Crippen LogP contribution in [-0.4, -0.2) is 13.1 Å². The third kappa shape index (κ3) is 3.35. The Morgan fingerprint density at radius 3 is 2.42 bits per heavy atom. The molecule has 2 aromatic rings. The van der Waals surface area contributed by atoms with E-state index in [0.717, 1.165) is 5.69 Å². The highest BCUT2D eigenvalue weighted by Gasteiger charge is 2.16. The fourth-order valence-corrected chi connectivity index (χ4v) is 3.09. The van der Waals surface area contributed by atoms with Crippen molar-refractivity contribution in [1.29, 1.82) is 0 Å². The standard InChI is InChI=1S/C14H16N2S.2ClH/c15-12-3-4-14(16-6-1-2-7-16)13(9-12)11-5-8-17-10-11;;/h3-5,8-10H,1-2,6-7,15H2;2*1H. The average Bonchev–Trinajstić information content (AvgIpc) is 3.02. The lowest BCUT2D eigenvalue weighted by atomic mass is 10.1. The molecular weight excluding hydrogens is 299 g/mol. The Labute approximate surface area is 130 Å². The smallest absolute Gasteiger partial charge is 0.0447 e. The second kappa shape index (κ2) is 7.04. The van der Waals surface area contributed by atoms with Gasteiger partial charge in [0, 0.05) is 30.0 Å². The van der Waals surface area contributed by atoms with Gasteiger partial charge in [0.1, 0.15) is 0 Å². The first-order valence-electron chi connectivity index (χ1n) is 6.01. The molecule has 3 rings (SSSR count). The van der Waals surface area contributed by atoms with Gasteiger partial charge in [-0.15, -0.1) is 24.8 Å². The lowest BCUT2D eigenvalue weighted by molar-refractivity contribution is 0.949. The Morgan fingerprint density at radius 2 is 1.79 bits per heavy atom. The maximum absolute atomic E-state index is 5.92. The van der Waals surface area contributed by atoms with Gasteiger partial charge in [-0.25, -0.2) is 0 Å². The third-order valence-electron chi connectivity index (χ3n) is 3.30. The number of nitrogens with zero attached hydrogens (tertiary/aromatic N) is 1. The number of hydrogen-bond donors (Lipinski definition) is 1. The number of benzene rings is 1. The van der Waals surface area contributed by atoms with Crippen molar-refractivity contribution in [3.63, 3.8) is 0 Å². The van der Waals surface area contributed by atoms with E-state index in [9.17, 15) is 0 Å². The Kier molecular flexibility index (Phi) is 5.98. The van der Waals surface area contributed by atoms with Gasteiger partial charge in [0.05, 0.1) is 0 Å². The number of nitrogens with two attached hydrogens (primary N) is 1. The van der Waals surface area contributed by atoms with Gasteiger partial charge in [-0.05, 0) is 53.4 Å². The minimum absolute atomic E-state index is 0. The zero-order chi connectivity index (χ0) is 11.7. The lowest BCUT2D eigenvalue weighted by Gasteiger charge is -2.21. The van der Waals surface area contributed by atoms with E-state index < -0.39 is 0 Å². The van der Waals surface area contributed by atoms with Crippen LogP contribution in [-0.2, 0) is 0 Å². The highest BCUT2D eigenvalue weighted by Crippen LogP contribution is 2.35. The first-order valence-corrected chi connectivity index (χ1v) is 6.96. The van der Waals surface area contributed by atoms with Crippen molar-refractivity contribution in [2.24, 2.45) is 0 Å². The van der Waals surface area contributed by atoms with Crippen molar-refractivity contribution < 1.29 is 0 Å². The molecule has 0 saturated carbocycles. The summed E-state index contributed by atoms with van der Waals surface area (Å²) in [5.41, 5.74) is 10.6. The van der Waals surface area contributed by atoms with E-state index in [0.29, 0.717) is 0 Å². The van der Waals surface area contributed by atoms with Crippen LogP contribution in [0, 0.1) is 0 Å². The van der Waals surface area contributed by atoms with Crippen molar-refractivity contribution in [2.75, 3.05) is 23.7 Å². The van der Waals surface area contributed by atoms with E-state index in [1.807, 2.05) is 6.07 Å². The van der Waals surface area contributed by atoms with Crippen LogP contribution in [0.2, 0.25) is 0 Å². The third-order valence-corrected chi connectivity index (χ3v) is 3.98. The Hall–Kier alpha value is -0.900. The van der Waals surface area contributed by atoms with E-state index in [1.54, 1.807) is 11.3 Å². The van der Waals surface area contributed by atoms with E-state index in [-0.39, 0.29) is 24.8 Å². The van der Waals surface area contributed by atoms with Crippen LogP contribution >= 0.6 is 36.2 Å². The van der Waals surface area contributed by atoms with Crippen LogP contribution < -0.4 is 10.6 Å². The summed E-state index contributed by atoms with van der Waals surface area (Å²) in [5.74, 6) is 0. The summed E-state index contributed by atoms with van der Waals surface area (Å²) in [6, 6.07) is 8.42. The Bertz CT molecular complexity index is 508. The van der Waals surface area contributed by atoms with Crippen LogP contribution in [0.25, 0.3) is 11.1 Å². The molecule has 0 bridgehead atoms. The number of thiophene rings is 1. The summed E-state index contributed by atoms with van der Waals surface area (Å²) in [5, 5.41) is 4.31. The molecule has 2 N–H and O–H groups in total. The number of halogens is 2. The van der Waals surface area contributed by atoms with Crippen LogP contribution in [0.15, 0.2) is 35.0 Å². The number of anilines is 2. The fourth-order valence-electron chi connectivity index (χ4n) is 2.44. The average molecular weight is 317 g/mol. The molecule has 104 valence electrons. The van der Waals surface area contributed by atoms with E-state index in [2.05, 4.69) is 33.9 Å². The molecule has 0 spiro atoms. The van der Waals surface area contributed by atoms with Crippen molar-refractivity contribution in [3.8, 4) is 11.1 Å². The molecular formula is C14H18Cl2N2S. The molecule has 1 saturated heterocycles. The monoisotopic (exact) mass is 316 g/mol. The van der Waals surface area contributed by atoms with Gasteiger partial charge < -0.3 is 10.6 Å². The largest absolute Gasteiger partial charge is 0.399 e. The summed E-state index contributed by atoms with van der Waals surface area (Å²) in [7, 11) is 0. The summed E-state index contributed by atoms with van der Waals surface area (Å²) in [6.45, 7) is 2.34. The SMILES string of the molecule is Cl.Cl.Nc1ccc(N2CCCC2)c(-c2ccsc2)c1. The van der Waals surface area contributed by atoms with Crippen LogP contribution in [0.5, 0.6) is 0 Å². The molecule has 0 amide bonds. The molecule has 0 unspecified atom stereocenters. The lowest BCUT2D eigenvalue weighted by Crippen LogP contribution is -2.18. The normalized spacial score (nSPS) is 13.8. The Morgan fingerprint density at radius 1 is 1.05 bits per heavy atom. The maximum Gasteiger partial charge on any atom is 0.0447 e. The van der Waals surface area contributed by atoms with Gasteiger partial charge in [0.25, 0.3) is 0 Å². The van der Waals surface area contributed by atoms with Crippen molar-refractivity contribution in [2.45, 2.75) is 12.8 Å². The summed E-state index contributed by atoms with van der Waals surface area (Å²) in [6.07, 6.45) is 2.60. The predicted octanol–water partition coefficient (Wildman–Crippen LogP) is 4.44. The minimum Gasteiger partial charge on any atom is -0.399 e. The van der Waals surface area contributed by atoms with Gasteiger partial charge >= 0.3 is 0 Å². The molecule has 1 aliphatic rings. The second-order valence-corrected chi connectivity index (χ2v) is 5.26. The number of rotatable bonds is 2. The van der Waals surface area contributed by atoms with E-state index in [4.69, 9.17) is 5.73 Å². The van der Waals surface area contributed by atoms with Gasteiger partial charge in [0.2, 0.25) is 0 Å². The highest BCUT2D eigenvalue weighted by molar-refractivity contribution is 7.08. The highest BCUT2D eigenvalue weighted by atomic mass is 35.5. The molecule has 1 aromatic carbocycles. The molecule has 1 fully saturated rings. The second-order valence-electron chi connectivity index (χ2n) is 4.48. The van der Waals surface area contributed by atoms with E-state index in [1.165, 1.54) is 42.7 Å². The van der Waals surface area contributed by atoms with Crippen LogP contribution in [0.3, 0.4) is 0 Å². The minimum atomic E-state index is 0. The molecule has 5 heteroatoms. The maximum atomic E-state index is 5.92. The van der Waals surface area contributed by atoms with E-state index >= 15 is 0 Å². The molecule has 2 heterocycles. The van der Waals surface area contributed by atoms with Gasteiger partial charge in [-0.2, -0.15) is 11.3 Å². The predicted molar refractivity (Wildman–Crippen MR) is 90.1 cm³/mol. The van der Waals surface area contributed by atoms with Crippen molar-refractivity contribution >= 4 is 47.5 Å². The summed E-state index contributed by atoms with van der Waals surface area (Å²) >= 11 is 1.73. The van der Waals surface area contributed by atoms with Gasteiger partial charge in [-0.1, -0.05) is 0 Å². The molecule has 2 nitrogen and oxygen atoms in total. The molecule has 0 radical (unpaired) electrons. The number of nitrogen functional groups attached to an aromatic ring is 1. The van der Waals surface area contributed by atoms with Gasteiger partial charge in [0.15, 0.2) is 0 Å². The summed E-state index contributed by atoms with van der Waals surface area (Å²) in [4.78, 5) is 2.46. The molecule has 1 aromatic heterocycles. The zero-order valence-electron chi connectivity index (χ0n) is 10.5. The molecule has 1 aliphatic heterocycles. The topological polar surface area (TPSA) is 29.3 Å².